The van der Waals surface area contributed by atoms with Crippen LogP contribution in [-0.2, 0) is 0 Å². The zero-order chi connectivity index (χ0) is 13.7. The number of aromatic nitrogens is 1. The third kappa shape index (κ3) is 4.38. The van der Waals surface area contributed by atoms with Crippen molar-refractivity contribution in [2.24, 2.45) is 4.99 Å². The number of halogens is 3. The number of rotatable bonds is 5. The van der Waals surface area contributed by atoms with Crippen molar-refractivity contribution in [2.75, 3.05) is 12.3 Å². The molecule has 0 unspecified atom stereocenters. The van der Waals surface area contributed by atoms with Crippen LogP contribution in [0.5, 0.6) is 0 Å². The fourth-order valence-electron chi connectivity index (χ4n) is 1.71. The Bertz CT molecular complexity index is 480. The molecule has 0 N–H and O–H groups in total. The lowest BCUT2D eigenvalue weighted by Crippen LogP contribution is -2.07. The first-order valence-corrected chi connectivity index (χ1v) is 6.90. The molecular weight excluding hydrogens is 273 g/mol. The van der Waals surface area contributed by atoms with Crippen LogP contribution in [0.15, 0.2) is 40.5 Å². The number of thioether (sulfide) groups is 1. The molecule has 1 aliphatic rings. The smallest absolute Gasteiger partial charge is 0.279 e. The Morgan fingerprint density at radius 2 is 2.16 bits per heavy atom. The average Bonchev–Trinajstić information content (AvgIpc) is 2.83. The van der Waals surface area contributed by atoms with E-state index in [2.05, 4.69) is 9.98 Å². The SMILES string of the molecule is FC(F)(F)CCCSC1=CCN=C1c1cccnc1. The topological polar surface area (TPSA) is 25.2 Å². The number of allylic oxidation sites excluding steroid dienone is 1. The normalized spacial score (nSPS) is 15.3. The number of hydrogen-bond acceptors (Lipinski definition) is 3. The van der Waals surface area contributed by atoms with Crippen LogP contribution in [0.1, 0.15) is 18.4 Å². The second-order valence-corrected chi connectivity index (χ2v) is 5.20. The number of alkyl halides is 3. The molecule has 1 aromatic rings. The highest BCUT2D eigenvalue weighted by Crippen LogP contribution is 2.28. The van der Waals surface area contributed by atoms with E-state index in [1.165, 1.54) is 11.8 Å². The molecular formula is C13H13F3N2S. The van der Waals surface area contributed by atoms with Crippen molar-refractivity contribution >= 4 is 17.5 Å². The van der Waals surface area contributed by atoms with E-state index in [1.54, 1.807) is 12.4 Å². The number of hydrogen-bond donors (Lipinski definition) is 0. The lowest BCUT2D eigenvalue weighted by atomic mass is 10.2. The highest BCUT2D eigenvalue weighted by Gasteiger charge is 2.26. The monoisotopic (exact) mass is 286 g/mol. The highest BCUT2D eigenvalue weighted by molar-refractivity contribution is 8.04. The van der Waals surface area contributed by atoms with Gasteiger partial charge in [-0.05, 0) is 30.4 Å². The summed E-state index contributed by atoms with van der Waals surface area (Å²) in [6.07, 6.45) is 0.678. The third-order valence-electron chi connectivity index (χ3n) is 2.56. The summed E-state index contributed by atoms with van der Waals surface area (Å²) < 4.78 is 36.1. The van der Waals surface area contributed by atoms with E-state index in [-0.39, 0.29) is 6.42 Å². The summed E-state index contributed by atoms with van der Waals surface area (Å²) >= 11 is 1.43. The fourth-order valence-corrected chi connectivity index (χ4v) is 2.73. The van der Waals surface area contributed by atoms with Crippen molar-refractivity contribution in [3.05, 3.63) is 41.1 Å². The van der Waals surface area contributed by atoms with Crippen molar-refractivity contribution in [3.63, 3.8) is 0 Å². The third-order valence-corrected chi connectivity index (χ3v) is 3.72. The van der Waals surface area contributed by atoms with Crippen LogP contribution in [0.2, 0.25) is 0 Å². The predicted molar refractivity (Wildman–Crippen MR) is 71.5 cm³/mol. The van der Waals surface area contributed by atoms with E-state index in [1.807, 2.05) is 18.2 Å². The van der Waals surface area contributed by atoms with Crippen LogP contribution >= 0.6 is 11.8 Å². The molecule has 2 heterocycles. The van der Waals surface area contributed by atoms with Gasteiger partial charge in [-0.25, -0.2) is 0 Å². The van der Waals surface area contributed by atoms with Gasteiger partial charge in [-0.15, -0.1) is 11.8 Å². The molecule has 0 fully saturated rings. The minimum Gasteiger partial charge on any atom is -0.279 e. The Hall–Kier alpha value is -1.30. The second kappa shape index (κ2) is 6.23. The molecule has 0 aliphatic carbocycles. The predicted octanol–water partition coefficient (Wildman–Crippen LogP) is 3.84. The standard InChI is InChI=1S/C13H13F3N2S/c14-13(15,16)5-2-8-19-11-4-7-18-12(11)10-3-1-6-17-9-10/h1,3-4,6,9H,2,5,7-8H2. The van der Waals surface area contributed by atoms with Gasteiger partial charge in [-0.3, -0.25) is 9.98 Å². The van der Waals surface area contributed by atoms with E-state index in [4.69, 9.17) is 0 Å². The van der Waals surface area contributed by atoms with Crippen molar-refractivity contribution in [1.82, 2.24) is 4.98 Å². The lowest BCUT2D eigenvalue weighted by Gasteiger charge is -2.08. The minimum atomic E-state index is -4.06. The first-order chi connectivity index (χ1) is 9.06. The number of aliphatic imine (C=N–C) groups is 1. The molecule has 1 aliphatic heterocycles. The van der Waals surface area contributed by atoms with Crippen molar-refractivity contribution in [3.8, 4) is 0 Å². The van der Waals surface area contributed by atoms with E-state index >= 15 is 0 Å². The molecule has 19 heavy (non-hydrogen) atoms. The number of pyridine rings is 1. The molecule has 6 heteroatoms. The Balaban J connectivity index is 1.86. The maximum absolute atomic E-state index is 12.0. The Kier molecular flexibility index (Phi) is 4.63. The maximum atomic E-state index is 12.0. The molecule has 0 saturated heterocycles. The van der Waals surface area contributed by atoms with E-state index in [0.717, 1.165) is 16.2 Å². The fraction of sp³-hybridized carbons (Fsp3) is 0.385. The van der Waals surface area contributed by atoms with Crippen molar-refractivity contribution in [1.29, 1.82) is 0 Å². The van der Waals surface area contributed by atoms with E-state index in [9.17, 15) is 13.2 Å². The minimum absolute atomic E-state index is 0.131. The van der Waals surface area contributed by atoms with Gasteiger partial charge < -0.3 is 0 Å². The van der Waals surface area contributed by atoms with E-state index in [0.29, 0.717) is 12.3 Å². The molecule has 2 rings (SSSR count). The quantitative estimate of drug-likeness (QED) is 0.768. The van der Waals surface area contributed by atoms with Gasteiger partial charge in [0.15, 0.2) is 0 Å². The molecule has 1 aromatic heterocycles. The van der Waals surface area contributed by atoms with Gasteiger partial charge in [0, 0.05) is 29.3 Å². The van der Waals surface area contributed by atoms with Gasteiger partial charge in [0.1, 0.15) is 0 Å². The van der Waals surface area contributed by atoms with Gasteiger partial charge in [0.05, 0.1) is 12.3 Å². The first kappa shape index (κ1) is 14.1. The lowest BCUT2D eigenvalue weighted by molar-refractivity contribution is -0.134. The summed E-state index contributed by atoms with van der Waals surface area (Å²) in [6.45, 7) is 0.589. The first-order valence-electron chi connectivity index (χ1n) is 5.91. The van der Waals surface area contributed by atoms with Gasteiger partial charge >= 0.3 is 6.18 Å². The van der Waals surface area contributed by atoms with Gasteiger partial charge in [0.25, 0.3) is 0 Å². The summed E-state index contributed by atoms with van der Waals surface area (Å²) in [7, 11) is 0. The van der Waals surface area contributed by atoms with Crippen molar-refractivity contribution < 1.29 is 13.2 Å². The van der Waals surface area contributed by atoms with Gasteiger partial charge in [0.2, 0.25) is 0 Å². The maximum Gasteiger partial charge on any atom is 0.389 e. The molecule has 0 aromatic carbocycles. The zero-order valence-corrected chi connectivity index (χ0v) is 11.0. The van der Waals surface area contributed by atoms with Crippen LogP contribution in [-0.4, -0.2) is 29.2 Å². The van der Waals surface area contributed by atoms with Crippen molar-refractivity contribution in [2.45, 2.75) is 19.0 Å². The van der Waals surface area contributed by atoms with Crippen LogP contribution in [0.25, 0.3) is 0 Å². The Morgan fingerprint density at radius 3 is 2.84 bits per heavy atom. The number of nitrogens with zero attached hydrogens (tertiary/aromatic N) is 2. The molecule has 0 radical (unpaired) electrons. The van der Waals surface area contributed by atoms with Crippen LogP contribution in [0.4, 0.5) is 13.2 Å². The summed E-state index contributed by atoms with van der Waals surface area (Å²) in [5.74, 6) is 0.449. The Morgan fingerprint density at radius 1 is 1.32 bits per heavy atom. The molecule has 2 nitrogen and oxygen atoms in total. The Labute approximate surface area is 113 Å². The van der Waals surface area contributed by atoms with Crippen LogP contribution < -0.4 is 0 Å². The molecule has 0 amide bonds. The van der Waals surface area contributed by atoms with Gasteiger partial charge in [-0.1, -0.05) is 0 Å². The molecule has 0 spiro atoms. The van der Waals surface area contributed by atoms with Crippen LogP contribution in [0.3, 0.4) is 0 Å². The zero-order valence-electron chi connectivity index (χ0n) is 10.2. The average molecular weight is 286 g/mol. The summed E-state index contributed by atoms with van der Waals surface area (Å²) in [5.41, 5.74) is 1.75. The summed E-state index contributed by atoms with van der Waals surface area (Å²) in [5, 5.41) is 0. The van der Waals surface area contributed by atoms with E-state index < -0.39 is 12.6 Å². The molecule has 0 atom stereocenters. The second-order valence-electron chi connectivity index (χ2n) is 4.07. The summed E-state index contributed by atoms with van der Waals surface area (Å²) in [4.78, 5) is 9.34. The largest absolute Gasteiger partial charge is 0.389 e. The van der Waals surface area contributed by atoms with Gasteiger partial charge in [-0.2, -0.15) is 13.2 Å². The summed E-state index contributed by atoms with van der Waals surface area (Å²) in [6, 6.07) is 3.73. The molecule has 102 valence electrons. The highest BCUT2D eigenvalue weighted by atomic mass is 32.2. The molecule has 0 saturated carbocycles. The van der Waals surface area contributed by atoms with Crippen LogP contribution in [0, 0.1) is 0 Å². The molecule has 0 bridgehead atoms.